The molecule has 1 aliphatic heterocycles. The molecule has 0 saturated carbocycles. The minimum absolute atomic E-state index is 0.0228. The standard InChI is InChI=1S/C25H25F3N8O3/c26-25(27,28)15-36-23-20(33-34-36)22(35-10-13-39-14-11-35)31-21(32-23)17-3-7-19(8-4-17)30-24(38)29-18-5-1-16(2-6-18)9-12-37/h1-8,37H,9-15H2,(H2,29,30,38). The molecule has 4 aromatic rings. The van der Waals surface area contributed by atoms with Crippen LogP contribution in [0.5, 0.6) is 0 Å². The number of aliphatic hydroxyl groups excluding tert-OH is 1. The lowest BCUT2D eigenvalue weighted by atomic mass is 10.1. The van der Waals surface area contributed by atoms with E-state index >= 15 is 0 Å². The van der Waals surface area contributed by atoms with E-state index in [2.05, 4.69) is 30.9 Å². The molecule has 3 N–H and O–H groups in total. The maximum atomic E-state index is 13.2. The van der Waals surface area contributed by atoms with Gasteiger partial charge in [-0.05, 0) is 48.4 Å². The van der Waals surface area contributed by atoms with Crippen LogP contribution in [-0.4, -0.2) is 75.2 Å². The zero-order chi connectivity index (χ0) is 27.4. The number of ether oxygens (including phenoxy) is 1. The van der Waals surface area contributed by atoms with E-state index in [-0.39, 0.29) is 23.6 Å². The van der Waals surface area contributed by atoms with Crippen LogP contribution in [0.3, 0.4) is 0 Å². The normalized spacial score (nSPS) is 14.0. The molecule has 0 spiro atoms. The summed E-state index contributed by atoms with van der Waals surface area (Å²) in [7, 11) is 0. The van der Waals surface area contributed by atoms with Gasteiger partial charge < -0.3 is 25.4 Å². The number of morpholine rings is 1. The number of hydrogen-bond donors (Lipinski definition) is 3. The van der Waals surface area contributed by atoms with Gasteiger partial charge in [-0.2, -0.15) is 13.2 Å². The van der Waals surface area contributed by atoms with E-state index in [1.165, 1.54) is 0 Å². The number of nitrogens with one attached hydrogen (secondary N) is 2. The van der Waals surface area contributed by atoms with Crippen LogP contribution in [0.2, 0.25) is 0 Å². The Labute approximate surface area is 220 Å². The van der Waals surface area contributed by atoms with Gasteiger partial charge in [0.05, 0.1) is 13.2 Å². The van der Waals surface area contributed by atoms with E-state index < -0.39 is 18.8 Å². The quantitative estimate of drug-likeness (QED) is 0.324. The first-order valence-corrected chi connectivity index (χ1v) is 12.2. The number of rotatable bonds is 7. The zero-order valence-corrected chi connectivity index (χ0v) is 20.6. The van der Waals surface area contributed by atoms with Gasteiger partial charge in [-0.15, -0.1) is 5.10 Å². The van der Waals surface area contributed by atoms with E-state index in [1.54, 1.807) is 36.4 Å². The molecule has 14 heteroatoms. The van der Waals surface area contributed by atoms with Crippen molar-refractivity contribution in [2.75, 3.05) is 48.4 Å². The SMILES string of the molecule is O=C(Nc1ccc(CCO)cc1)Nc1ccc(-c2nc(N3CCOCC3)c3nnn(CC(F)(F)F)c3n2)cc1. The molecule has 204 valence electrons. The van der Waals surface area contributed by atoms with Gasteiger partial charge >= 0.3 is 12.2 Å². The molecular weight excluding hydrogens is 517 g/mol. The van der Waals surface area contributed by atoms with E-state index in [9.17, 15) is 18.0 Å². The van der Waals surface area contributed by atoms with Crippen molar-refractivity contribution < 1.29 is 27.8 Å². The number of carbonyl (C=O) groups excluding carboxylic acids is 1. The van der Waals surface area contributed by atoms with Crippen LogP contribution < -0.4 is 15.5 Å². The fourth-order valence-electron chi connectivity index (χ4n) is 4.12. The van der Waals surface area contributed by atoms with E-state index in [0.717, 1.165) is 10.2 Å². The van der Waals surface area contributed by atoms with Crippen molar-refractivity contribution in [3.8, 4) is 11.4 Å². The lowest BCUT2D eigenvalue weighted by Gasteiger charge is -2.28. The van der Waals surface area contributed by atoms with Gasteiger partial charge in [0.1, 0.15) is 6.54 Å². The minimum Gasteiger partial charge on any atom is -0.396 e. The largest absolute Gasteiger partial charge is 0.408 e. The topological polar surface area (TPSA) is 130 Å². The fourth-order valence-corrected chi connectivity index (χ4v) is 4.12. The van der Waals surface area contributed by atoms with Crippen LogP contribution >= 0.6 is 0 Å². The predicted molar refractivity (Wildman–Crippen MR) is 138 cm³/mol. The van der Waals surface area contributed by atoms with Gasteiger partial charge in [-0.3, -0.25) is 0 Å². The molecule has 0 aliphatic carbocycles. The van der Waals surface area contributed by atoms with Gasteiger partial charge in [-0.25, -0.2) is 19.4 Å². The summed E-state index contributed by atoms with van der Waals surface area (Å²) < 4.78 is 45.6. The minimum atomic E-state index is -4.50. The summed E-state index contributed by atoms with van der Waals surface area (Å²) >= 11 is 0. The van der Waals surface area contributed by atoms with Crippen molar-refractivity contribution in [1.82, 2.24) is 25.0 Å². The number of fused-ring (bicyclic) bond motifs is 1. The number of benzene rings is 2. The summed E-state index contributed by atoms with van der Waals surface area (Å²) in [6, 6.07) is 13.3. The molecule has 1 aliphatic rings. The molecule has 0 unspecified atom stereocenters. The summed E-state index contributed by atoms with van der Waals surface area (Å²) in [6.07, 6.45) is -3.97. The van der Waals surface area contributed by atoms with Crippen LogP contribution in [0, 0.1) is 0 Å². The van der Waals surface area contributed by atoms with Gasteiger partial charge in [0, 0.05) is 36.6 Å². The zero-order valence-electron chi connectivity index (χ0n) is 20.6. The highest BCUT2D eigenvalue weighted by Gasteiger charge is 2.31. The van der Waals surface area contributed by atoms with Gasteiger partial charge in [0.2, 0.25) is 0 Å². The number of hydrogen-bond acceptors (Lipinski definition) is 8. The maximum absolute atomic E-state index is 13.2. The highest BCUT2D eigenvalue weighted by molar-refractivity contribution is 5.99. The summed E-state index contributed by atoms with van der Waals surface area (Å²) in [6.45, 7) is 0.620. The number of carbonyl (C=O) groups is 1. The highest BCUT2D eigenvalue weighted by atomic mass is 19.4. The first kappa shape index (κ1) is 26.3. The number of alkyl halides is 3. The van der Waals surface area contributed by atoms with Gasteiger partial charge in [0.25, 0.3) is 0 Å². The van der Waals surface area contributed by atoms with Crippen molar-refractivity contribution in [1.29, 1.82) is 0 Å². The number of nitrogens with zero attached hydrogens (tertiary/aromatic N) is 6. The molecule has 11 nitrogen and oxygen atoms in total. The Bertz CT molecular complexity index is 1440. The third-order valence-corrected chi connectivity index (χ3v) is 6.00. The summed E-state index contributed by atoms with van der Waals surface area (Å²) in [5.41, 5.74) is 2.73. The predicted octanol–water partition coefficient (Wildman–Crippen LogP) is 3.47. The molecule has 5 rings (SSSR count). The molecule has 1 saturated heterocycles. The Morgan fingerprint density at radius 2 is 1.62 bits per heavy atom. The summed E-state index contributed by atoms with van der Waals surface area (Å²) in [4.78, 5) is 23.3. The van der Waals surface area contributed by atoms with Gasteiger partial charge in [0.15, 0.2) is 22.8 Å². The molecule has 2 amide bonds. The average Bonchev–Trinajstić information content (AvgIpc) is 3.31. The molecule has 3 heterocycles. The lowest BCUT2D eigenvalue weighted by molar-refractivity contribution is -0.142. The second-order valence-electron chi connectivity index (χ2n) is 8.83. The van der Waals surface area contributed by atoms with Crippen molar-refractivity contribution in [2.45, 2.75) is 19.1 Å². The van der Waals surface area contributed by atoms with E-state index in [1.807, 2.05) is 17.0 Å². The molecule has 2 aromatic carbocycles. The fraction of sp³-hybridized carbons (Fsp3) is 0.320. The van der Waals surface area contributed by atoms with Gasteiger partial charge in [-0.1, -0.05) is 17.3 Å². The number of aliphatic hydroxyl groups is 1. The van der Waals surface area contributed by atoms with Crippen LogP contribution in [0.1, 0.15) is 5.56 Å². The third-order valence-electron chi connectivity index (χ3n) is 6.00. The Morgan fingerprint density at radius 3 is 2.23 bits per heavy atom. The number of halogens is 3. The van der Waals surface area contributed by atoms with E-state index in [0.29, 0.717) is 55.5 Å². The molecule has 0 bridgehead atoms. The molecule has 1 fully saturated rings. The molecular formula is C25H25F3N8O3. The molecule has 2 aromatic heterocycles. The average molecular weight is 543 g/mol. The number of aromatic nitrogens is 5. The van der Waals surface area contributed by atoms with Crippen LogP contribution in [0.4, 0.5) is 35.2 Å². The van der Waals surface area contributed by atoms with Crippen LogP contribution in [0.25, 0.3) is 22.6 Å². The monoisotopic (exact) mass is 542 g/mol. The Morgan fingerprint density at radius 1 is 0.974 bits per heavy atom. The second-order valence-corrected chi connectivity index (χ2v) is 8.83. The highest BCUT2D eigenvalue weighted by Crippen LogP contribution is 2.29. The Balaban J connectivity index is 1.37. The van der Waals surface area contributed by atoms with Crippen LogP contribution in [0.15, 0.2) is 48.5 Å². The van der Waals surface area contributed by atoms with Crippen molar-refractivity contribution >= 4 is 34.4 Å². The molecule has 39 heavy (non-hydrogen) atoms. The third kappa shape index (κ3) is 6.41. The first-order chi connectivity index (χ1) is 18.8. The van der Waals surface area contributed by atoms with Crippen LogP contribution in [-0.2, 0) is 17.7 Å². The van der Waals surface area contributed by atoms with Crippen molar-refractivity contribution in [2.24, 2.45) is 0 Å². The maximum Gasteiger partial charge on any atom is 0.408 e. The Kier molecular flexibility index (Phi) is 7.56. The van der Waals surface area contributed by atoms with Crippen molar-refractivity contribution in [3.05, 3.63) is 54.1 Å². The molecule has 0 radical (unpaired) electrons. The number of anilines is 3. The number of amides is 2. The summed E-state index contributed by atoms with van der Waals surface area (Å²) in [5.74, 6) is 0.590. The Hall–Kier alpha value is -4.30. The van der Waals surface area contributed by atoms with Crippen molar-refractivity contribution in [3.63, 3.8) is 0 Å². The molecule has 0 atom stereocenters. The smallest absolute Gasteiger partial charge is 0.396 e. The van der Waals surface area contributed by atoms with E-state index in [4.69, 9.17) is 9.84 Å². The lowest BCUT2D eigenvalue weighted by Crippen LogP contribution is -2.37. The number of urea groups is 1. The first-order valence-electron chi connectivity index (χ1n) is 12.2. The second kappa shape index (κ2) is 11.2. The summed E-state index contributed by atoms with van der Waals surface area (Å²) in [5, 5.41) is 22.1.